The monoisotopic (exact) mass is 476 g/mol. The summed E-state index contributed by atoms with van der Waals surface area (Å²) in [5, 5.41) is 8.90. The van der Waals surface area contributed by atoms with Crippen LogP contribution in [0.4, 0.5) is 10.1 Å². The minimum atomic E-state index is -0.391. The molecule has 3 N–H and O–H groups in total. The number of carbonyl (C=O) groups is 1. The summed E-state index contributed by atoms with van der Waals surface area (Å²) in [7, 11) is 0. The Morgan fingerprint density at radius 1 is 1.24 bits per heavy atom. The zero-order valence-corrected chi connectivity index (χ0v) is 17.3. The number of aryl methyl sites for hydroxylation is 1. The molecule has 1 aromatic carbocycles. The lowest BCUT2D eigenvalue weighted by atomic mass is 10.3. The molecule has 2 aromatic rings. The Morgan fingerprint density at radius 2 is 2.04 bits per heavy atom. The minimum absolute atomic E-state index is 0. The van der Waals surface area contributed by atoms with Crippen molar-refractivity contribution in [2.75, 3.05) is 18.4 Å². The van der Waals surface area contributed by atoms with Crippen molar-refractivity contribution in [1.29, 1.82) is 0 Å². The lowest BCUT2D eigenvalue weighted by molar-refractivity contribution is -0.114. The van der Waals surface area contributed by atoms with Crippen molar-refractivity contribution in [1.82, 2.24) is 10.6 Å². The second-order valence-electron chi connectivity index (χ2n) is 5.12. The summed E-state index contributed by atoms with van der Waals surface area (Å²) < 4.78 is 13.1. The molecular formula is C17H22FIN4OS. The molecule has 0 aliphatic rings. The normalized spacial score (nSPS) is 10.8. The van der Waals surface area contributed by atoms with Gasteiger partial charge in [0.05, 0.1) is 6.54 Å². The summed E-state index contributed by atoms with van der Waals surface area (Å²) in [5.74, 6) is -0.125. The second kappa shape index (κ2) is 11.0. The molecular weight excluding hydrogens is 454 g/mol. The molecule has 0 unspecified atom stereocenters. The number of nitrogens with zero attached hydrogens (tertiary/aromatic N) is 1. The molecule has 0 aliphatic carbocycles. The van der Waals surface area contributed by atoms with E-state index < -0.39 is 5.82 Å². The molecule has 0 saturated carbocycles. The van der Waals surface area contributed by atoms with Crippen LogP contribution in [0.3, 0.4) is 0 Å². The fourth-order valence-corrected chi connectivity index (χ4v) is 2.84. The number of carbonyl (C=O) groups excluding carboxylic acids is 1. The van der Waals surface area contributed by atoms with Crippen molar-refractivity contribution in [3.8, 4) is 0 Å². The predicted molar refractivity (Wildman–Crippen MR) is 112 cm³/mol. The fraction of sp³-hybridized carbons (Fsp3) is 0.294. The van der Waals surface area contributed by atoms with Crippen molar-refractivity contribution < 1.29 is 9.18 Å². The van der Waals surface area contributed by atoms with Gasteiger partial charge >= 0.3 is 0 Å². The molecule has 0 atom stereocenters. The van der Waals surface area contributed by atoms with E-state index in [4.69, 9.17) is 0 Å². The average Bonchev–Trinajstić information content (AvgIpc) is 2.95. The van der Waals surface area contributed by atoms with Gasteiger partial charge in [-0.05, 0) is 44.2 Å². The molecule has 5 nitrogen and oxygen atoms in total. The molecule has 25 heavy (non-hydrogen) atoms. The summed E-state index contributed by atoms with van der Waals surface area (Å²) in [6.07, 6.45) is 0. The number of benzene rings is 1. The number of anilines is 1. The number of guanidine groups is 1. The summed E-state index contributed by atoms with van der Waals surface area (Å²) in [6.45, 7) is 5.31. The fourth-order valence-electron chi connectivity index (χ4n) is 2.01. The first-order valence-electron chi connectivity index (χ1n) is 7.69. The smallest absolute Gasteiger partial charge is 0.246 e. The van der Waals surface area contributed by atoms with Gasteiger partial charge in [0.2, 0.25) is 5.91 Å². The standard InChI is InChI=1S/C17H21FN4OS.HI/c1-3-19-17(20-10-15-8-7-12(2)24-15)21-11-16(23)22-14-6-4-5-13(18)9-14;/h4-9H,3,10-11H2,1-2H3,(H,22,23)(H2,19,20,21);1H. The van der Waals surface area contributed by atoms with Crippen molar-refractivity contribution in [2.45, 2.75) is 20.4 Å². The largest absolute Gasteiger partial charge is 0.357 e. The summed E-state index contributed by atoms with van der Waals surface area (Å²) in [5.41, 5.74) is 0.419. The first-order valence-corrected chi connectivity index (χ1v) is 8.51. The Kier molecular flexibility index (Phi) is 9.43. The van der Waals surface area contributed by atoms with E-state index in [1.165, 1.54) is 21.9 Å². The van der Waals surface area contributed by atoms with E-state index in [0.717, 1.165) is 0 Å². The van der Waals surface area contributed by atoms with E-state index in [9.17, 15) is 9.18 Å². The van der Waals surface area contributed by atoms with Crippen LogP contribution in [0.5, 0.6) is 0 Å². The van der Waals surface area contributed by atoms with Crippen LogP contribution in [0.2, 0.25) is 0 Å². The van der Waals surface area contributed by atoms with E-state index in [-0.39, 0.29) is 36.4 Å². The van der Waals surface area contributed by atoms with Gasteiger partial charge in [-0.1, -0.05) is 6.07 Å². The van der Waals surface area contributed by atoms with E-state index in [1.807, 2.05) is 6.92 Å². The van der Waals surface area contributed by atoms with Gasteiger partial charge in [0.25, 0.3) is 0 Å². The van der Waals surface area contributed by atoms with Crippen molar-refractivity contribution in [3.05, 3.63) is 52.0 Å². The Labute approximate surface area is 168 Å². The lowest BCUT2D eigenvalue weighted by Gasteiger charge is -2.10. The molecule has 0 spiro atoms. The van der Waals surface area contributed by atoms with Gasteiger partial charge in [-0.15, -0.1) is 35.3 Å². The molecule has 0 bridgehead atoms. The molecule has 0 saturated heterocycles. The number of halogens is 2. The lowest BCUT2D eigenvalue weighted by Crippen LogP contribution is -2.37. The third kappa shape index (κ3) is 7.82. The number of amides is 1. The zero-order chi connectivity index (χ0) is 17.4. The molecule has 0 radical (unpaired) electrons. The van der Waals surface area contributed by atoms with Crippen LogP contribution in [0, 0.1) is 12.7 Å². The summed E-state index contributed by atoms with van der Waals surface area (Å²) in [4.78, 5) is 18.6. The first-order chi connectivity index (χ1) is 11.6. The molecule has 8 heteroatoms. The summed E-state index contributed by atoms with van der Waals surface area (Å²) in [6, 6.07) is 9.90. The zero-order valence-electron chi connectivity index (χ0n) is 14.1. The van der Waals surface area contributed by atoms with Gasteiger partial charge in [0, 0.05) is 22.0 Å². The van der Waals surface area contributed by atoms with Crippen molar-refractivity contribution in [3.63, 3.8) is 0 Å². The summed E-state index contributed by atoms with van der Waals surface area (Å²) >= 11 is 1.72. The maximum Gasteiger partial charge on any atom is 0.246 e. The van der Waals surface area contributed by atoms with Crippen LogP contribution in [-0.2, 0) is 11.3 Å². The van der Waals surface area contributed by atoms with Gasteiger partial charge < -0.3 is 16.0 Å². The number of nitrogens with one attached hydrogen (secondary N) is 3. The van der Waals surface area contributed by atoms with Crippen LogP contribution < -0.4 is 16.0 Å². The SMILES string of the molecule is CCNC(=NCC(=O)Nc1cccc(F)c1)NCc1ccc(C)s1.I. The molecule has 1 heterocycles. The quantitative estimate of drug-likeness (QED) is 0.340. The Hall–Kier alpha value is -1.68. The third-order valence-electron chi connectivity index (χ3n) is 3.06. The molecule has 1 amide bonds. The van der Waals surface area contributed by atoms with Crippen LogP contribution in [-0.4, -0.2) is 25.0 Å². The van der Waals surface area contributed by atoms with E-state index in [1.54, 1.807) is 23.5 Å². The van der Waals surface area contributed by atoms with Crippen LogP contribution >= 0.6 is 35.3 Å². The highest BCUT2D eigenvalue weighted by atomic mass is 127. The highest BCUT2D eigenvalue weighted by molar-refractivity contribution is 14.0. The highest BCUT2D eigenvalue weighted by Gasteiger charge is 2.04. The van der Waals surface area contributed by atoms with Gasteiger partial charge in [0.15, 0.2) is 5.96 Å². The Bertz CT molecular complexity index is 720. The topological polar surface area (TPSA) is 65.5 Å². The predicted octanol–water partition coefficient (Wildman–Crippen LogP) is 3.51. The maximum absolute atomic E-state index is 13.1. The van der Waals surface area contributed by atoms with Gasteiger partial charge in [-0.3, -0.25) is 4.79 Å². The molecule has 0 fully saturated rings. The number of rotatable bonds is 6. The minimum Gasteiger partial charge on any atom is -0.357 e. The maximum atomic E-state index is 13.1. The Morgan fingerprint density at radius 3 is 2.68 bits per heavy atom. The highest BCUT2D eigenvalue weighted by Crippen LogP contribution is 2.14. The molecule has 0 aliphatic heterocycles. The van der Waals surface area contributed by atoms with E-state index >= 15 is 0 Å². The third-order valence-corrected chi connectivity index (χ3v) is 4.06. The first kappa shape index (κ1) is 21.4. The van der Waals surface area contributed by atoms with Crippen LogP contribution in [0.25, 0.3) is 0 Å². The van der Waals surface area contributed by atoms with Gasteiger partial charge in [-0.2, -0.15) is 0 Å². The van der Waals surface area contributed by atoms with Gasteiger partial charge in [0.1, 0.15) is 12.4 Å². The van der Waals surface area contributed by atoms with Crippen molar-refractivity contribution in [2.24, 2.45) is 4.99 Å². The van der Waals surface area contributed by atoms with E-state index in [0.29, 0.717) is 24.7 Å². The number of hydrogen-bond acceptors (Lipinski definition) is 3. The Balaban J connectivity index is 0.00000312. The number of hydrogen-bond donors (Lipinski definition) is 3. The second-order valence-corrected chi connectivity index (χ2v) is 6.49. The van der Waals surface area contributed by atoms with Crippen molar-refractivity contribution >= 4 is 52.9 Å². The van der Waals surface area contributed by atoms with Crippen LogP contribution in [0.15, 0.2) is 41.4 Å². The van der Waals surface area contributed by atoms with Crippen LogP contribution in [0.1, 0.15) is 16.7 Å². The molecule has 136 valence electrons. The molecule has 1 aromatic heterocycles. The van der Waals surface area contributed by atoms with Gasteiger partial charge in [-0.25, -0.2) is 9.38 Å². The number of aliphatic imine (C=N–C) groups is 1. The number of thiophene rings is 1. The average molecular weight is 476 g/mol. The molecule has 2 rings (SSSR count). The van der Waals surface area contributed by atoms with E-state index in [2.05, 4.69) is 40.0 Å².